The largest absolute Gasteiger partial charge is 0.489 e. The molecule has 31 heavy (non-hydrogen) atoms. The SMILES string of the molecule is CN=C(NCc1cccc(OCC(=O)NC2CC2)c1)NCC(C)Oc1ccc(Cl)cc1. The summed E-state index contributed by atoms with van der Waals surface area (Å²) >= 11 is 5.90. The molecule has 0 heterocycles. The van der Waals surface area contributed by atoms with E-state index in [1.807, 2.05) is 43.3 Å². The quantitative estimate of drug-likeness (QED) is 0.387. The number of nitrogens with one attached hydrogen (secondary N) is 3. The second-order valence-electron chi connectivity index (χ2n) is 7.47. The average Bonchev–Trinajstić information content (AvgIpc) is 3.58. The summed E-state index contributed by atoms with van der Waals surface area (Å²) in [5.74, 6) is 2.02. The van der Waals surface area contributed by atoms with E-state index in [-0.39, 0.29) is 18.6 Å². The molecule has 1 aliphatic carbocycles. The molecule has 1 unspecified atom stereocenters. The molecule has 0 bridgehead atoms. The molecular formula is C23H29ClN4O3. The predicted molar refractivity (Wildman–Crippen MR) is 123 cm³/mol. The van der Waals surface area contributed by atoms with Crippen LogP contribution >= 0.6 is 11.6 Å². The first-order chi connectivity index (χ1) is 15.0. The number of hydrogen-bond acceptors (Lipinski definition) is 4. The van der Waals surface area contributed by atoms with Gasteiger partial charge in [0.1, 0.15) is 17.6 Å². The number of carbonyl (C=O) groups excluding carboxylic acids is 1. The van der Waals surface area contributed by atoms with E-state index in [2.05, 4.69) is 20.9 Å². The molecule has 1 aliphatic rings. The summed E-state index contributed by atoms with van der Waals surface area (Å²) < 4.78 is 11.5. The fraction of sp³-hybridized carbons (Fsp3) is 0.391. The maximum atomic E-state index is 11.8. The molecule has 3 N–H and O–H groups in total. The molecule has 2 aromatic rings. The maximum absolute atomic E-state index is 11.8. The Hall–Kier alpha value is -2.93. The van der Waals surface area contributed by atoms with Gasteiger partial charge in [0.25, 0.3) is 5.91 Å². The van der Waals surface area contributed by atoms with E-state index in [9.17, 15) is 4.79 Å². The number of nitrogens with zero attached hydrogens (tertiary/aromatic N) is 1. The number of guanidine groups is 1. The highest BCUT2D eigenvalue weighted by atomic mass is 35.5. The predicted octanol–water partition coefficient (Wildman–Crippen LogP) is 3.13. The molecule has 1 fully saturated rings. The van der Waals surface area contributed by atoms with Crippen molar-refractivity contribution in [3.05, 3.63) is 59.1 Å². The van der Waals surface area contributed by atoms with Gasteiger partial charge < -0.3 is 25.4 Å². The highest BCUT2D eigenvalue weighted by Gasteiger charge is 2.23. The number of carbonyl (C=O) groups is 1. The van der Waals surface area contributed by atoms with Crippen molar-refractivity contribution in [1.29, 1.82) is 0 Å². The number of hydrogen-bond donors (Lipinski definition) is 3. The zero-order chi connectivity index (χ0) is 22.1. The van der Waals surface area contributed by atoms with Gasteiger partial charge in [-0.05, 0) is 61.7 Å². The smallest absolute Gasteiger partial charge is 0.258 e. The number of halogens is 1. The summed E-state index contributed by atoms with van der Waals surface area (Å²) in [6.45, 7) is 3.16. The zero-order valence-corrected chi connectivity index (χ0v) is 18.6. The lowest BCUT2D eigenvalue weighted by atomic mass is 10.2. The third-order valence-corrected chi connectivity index (χ3v) is 4.85. The second-order valence-corrected chi connectivity index (χ2v) is 7.90. The second kappa shape index (κ2) is 11.5. The first kappa shape index (κ1) is 22.7. The molecule has 3 rings (SSSR count). The Morgan fingerprint density at radius 2 is 1.94 bits per heavy atom. The van der Waals surface area contributed by atoms with Crippen LogP contribution in [-0.2, 0) is 11.3 Å². The van der Waals surface area contributed by atoms with Crippen molar-refractivity contribution in [2.75, 3.05) is 20.2 Å². The normalized spacial score (nSPS) is 14.5. The fourth-order valence-electron chi connectivity index (χ4n) is 2.83. The van der Waals surface area contributed by atoms with Gasteiger partial charge in [-0.1, -0.05) is 23.7 Å². The van der Waals surface area contributed by atoms with E-state index >= 15 is 0 Å². The van der Waals surface area contributed by atoms with Crippen molar-refractivity contribution in [2.45, 2.75) is 38.5 Å². The first-order valence-electron chi connectivity index (χ1n) is 10.4. The average molecular weight is 445 g/mol. The molecule has 1 saturated carbocycles. The molecule has 0 aromatic heterocycles. The van der Waals surface area contributed by atoms with E-state index in [1.165, 1.54) is 0 Å². The van der Waals surface area contributed by atoms with E-state index in [0.29, 0.717) is 35.9 Å². The van der Waals surface area contributed by atoms with Crippen LogP contribution in [0.1, 0.15) is 25.3 Å². The lowest BCUT2D eigenvalue weighted by Gasteiger charge is -2.18. The Labute approximate surface area is 188 Å². The summed E-state index contributed by atoms with van der Waals surface area (Å²) in [6, 6.07) is 15.3. The van der Waals surface area contributed by atoms with Gasteiger partial charge in [0.15, 0.2) is 12.6 Å². The van der Waals surface area contributed by atoms with E-state index in [1.54, 1.807) is 19.2 Å². The molecule has 2 aromatic carbocycles. The van der Waals surface area contributed by atoms with Gasteiger partial charge in [0, 0.05) is 24.7 Å². The highest BCUT2D eigenvalue weighted by Crippen LogP contribution is 2.19. The Morgan fingerprint density at radius 1 is 1.16 bits per heavy atom. The summed E-state index contributed by atoms with van der Waals surface area (Å²) in [5, 5.41) is 10.1. The summed E-state index contributed by atoms with van der Waals surface area (Å²) in [7, 11) is 1.72. The van der Waals surface area contributed by atoms with Gasteiger partial charge in [-0.25, -0.2) is 0 Å². The minimum absolute atomic E-state index is 0.0299. The number of amides is 1. The van der Waals surface area contributed by atoms with Crippen molar-refractivity contribution in [1.82, 2.24) is 16.0 Å². The fourth-order valence-corrected chi connectivity index (χ4v) is 2.95. The van der Waals surface area contributed by atoms with Crippen LogP contribution in [0.4, 0.5) is 0 Å². The molecule has 7 nitrogen and oxygen atoms in total. The molecule has 1 atom stereocenters. The van der Waals surface area contributed by atoms with Crippen molar-refractivity contribution in [3.63, 3.8) is 0 Å². The van der Waals surface area contributed by atoms with Crippen LogP contribution in [-0.4, -0.2) is 44.2 Å². The van der Waals surface area contributed by atoms with Gasteiger partial charge >= 0.3 is 0 Å². The van der Waals surface area contributed by atoms with Crippen LogP contribution in [0.5, 0.6) is 11.5 Å². The third-order valence-electron chi connectivity index (χ3n) is 4.60. The Morgan fingerprint density at radius 3 is 2.65 bits per heavy atom. The van der Waals surface area contributed by atoms with Gasteiger partial charge in [-0.3, -0.25) is 9.79 Å². The molecule has 8 heteroatoms. The molecule has 0 aliphatic heterocycles. The van der Waals surface area contributed by atoms with Crippen LogP contribution in [0.2, 0.25) is 5.02 Å². The molecule has 0 saturated heterocycles. The minimum Gasteiger partial charge on any atom is -0.489 e. The van der Waals surface area contributed by atoms with Crippen molar-refractivity contribution >= 4 is 23.5 Å². The van der Waals surface area contributed by atoms with Crippen LogP contribution in [0.15, 0.2) is 53.5 Å². The Kier molecular flexibility index (Phi) is 8.41. The first-order valence-corrected chi connectivity index (χ1v) is 10.8. The van der Waals surface area contributed by atoms with Crippen LogP contribution < -0.4 is 25.4 Å². The lowest BCUT2D eigenvalue weighted by Crippen LogP contribution is -2.41. The van der Waals surface area contributed by atoms with Crippen LogP contribution in [0, 0.1) is 0 Å². The summed E-state index contributed by atoms with van der Waals surface area (Å²) in [5.41, 5.74) is 1.02. The van der Waals surface area contributed by atoms with Crippen LogP contribution in [0.3, 0.4) is 0 Å². The van der Waals surface area contributed by atoms with Crippen molar-refractivity contribution < 1.29 is 14.3 Å². The van der Waals surface area contributed by atoms with Crippen molar-refractivity contribution in [2.24, 2.45) is 4.99 Å². The summed E-state index contributed by atoms with van der Waals surface area (Å²) in [4.78, 5) is 16.0. The van der Waals surface area contributed by atoms with Crippen molar-refractivity contribution in [3.8, 4) is 11.5 Å². The summed E-state index contributed by atoms with van der Waals surface area (Å²) in [6.07, 6.45) is 2.07. The molecule has 1 amide bonds. The standard InChI is InChI=1S/C23H29ClN4O3/c1-16(31-20-10-6-18(24)7-11-20)13-26-23(25-2)27-14-17-4-3-5-21(12-17)30-15-22(29)28-19-8-9-19/h3-7,10-12,16,19H,8-9,13-15H2,1-2H3,(H,28,29)(H2,25,26,27). The molecule has 0 spiro atoms. The molecular weight excluding hydrogens is 416 g/mol. The van der Waals surface area contributed by atoms with Gasteiger partial charge in [-0.15, -0.1) is 0 Å². The van der Waals surface area contributed by atoms with E-state index in [4.69, 9.17) is 21.1 Å². The van der Waals surface area contributed by atoms with Gasteiger partial charge in [-0.2, -0.15) is 0 Å². The highest BCUT2D eigenvalue weighted by molar-refractivity contribution is 6.30. The molecule has 166 valence electrons. The van der Waals surface area contributed by atoms with E-state index in [0.717, 1.165) is 24.2 Å². The van der Waals surface area contributed by atoms with E-state index < -0.39 is 0 Å². The zero-order valence-electron chi connectivity index (χ0n) is 17.9. The topological polar surface area (TPSA) is 84.0 Å². The monoisotopic (exact) mass is 444 g/mol. The molecule has 0 radical (unpaired) electrons. The number of ether oxygens (including phenoxy) is 2. The number of aliphatic imine (C=N–C) groups is 1. The Balaban J connectivity index is 1.40. The third kappa shape index (κ3) is 8.38. The Bertz CT molecular complexity index is 885. The van der Waals surface area contributed by atoms with Gasteiger partial charge in [0.2, 0.25) is 0 Å². The van der Waals surface area contributed by atoms with Gasteiger partial charge in [0.05, 0.1) is 6.54 Å². The van der Waals surface area contributed by atoms with Crippen LogP contribution in [0.25, 0.3) is 0 Å². The maximum Gasteiger partial charge on any atom is 0.258 e. The lowest BCUT2D eigenvalue weighted by molar-refractivity contribution is -0.123. The number of benzene rings is 2. The number of rotatable bonds is 10. The minimum atomic E-state index is -0.0782.